The van der Waals surface area contributed by atoms with Crippen molar-refractivity contribution in [2.45, 2.75) is 57.4 Å². The maximum Gasteiger partial charge on any atom is 0.223 e. The lowest BCUT2D eigenvalue weighted by molar-refractivity contribution is -0.126. The van der Waals surface area contributed by atoms with Gasteiger partial charge < -0.3 is 10.4 Å². The number of hydrogen-bond acceptors (Lipinski definition) is 2. The van der Waals surface area contributed by atoms with Crippen LogP contribution in [0.25, 0.3) is 0 Å². The molecule has 0 aliphatic heterocycles. The van der Waals surface area contributed by atoms with Crippen LogP contribution in [0.4, 0.5) is 0 Å². The Hall–Kier alpha value is -1.35. The highest BCUT2D eigenvalue weighted by molar-refractivity contribution is 5.79. The minimum absolute atomic E-state index is 0.120. The molecule has 1 fully saturated rings. The highest BCUT2D eigenvalue weighted by Crippen LogP contribution is 2.35. The first-order valence-electron chi connectivity index (χ1n) is 8.20. The van der Waals surface area contributed by atoms with Crippen LogP contribution < -0.4 is 5.32 Å². The molecule has 21 heavy (non-hydrogen) atoms. The minimum atomic E-state index is 0.120. The first-order valence-corrected chi connectivity index (χ1v) is 8.20. The molecule has 1 saturated carbocycles. The van der Waals surface area contributed by atoms with E-state index >= 15 is 0 Å². The van der Waals surface area contributed by atoms with Crippen LogP contribution in [0.2, 0.25) is 0 Å². The molecule has 1 aromatic carbocycles. The number of rotatable bonds is 6. The smallest absolute Gasteiger partial charge is 0.223 e. The quantitative estimate of drug-likeness (QED) is 0.844. The molecule has 0 heterocycles. The summed E-state index contributed by atoms with van der Waals surface area (Å²) in [5.74, 6) is 0.939. The maximum atomic E-state index is 12.3. The van der Waals surface area contributed by atoms with E-state index in [1.165, 1.54) is 5.56 Å². The van der Waals surface area contributed by atoms with Crippen LogP contribution in [-0.4, -0.2) is 23.7 Å². The molecule has 0 bridgehead atoms. The fraction of sp³-hybridized carbons (Fsp3) is 0.611. The van der Waals surface area contributed by atoms with E-state index in [2.05, 4.69) is 35.6 Å². The Kier molecular flexibility index (Phi) is 6.24. The molecule has 1 aromatic rings. The van der Waals surface area contributed by atoms with Gasteiger partial charge in [0, 0.05) is 18.6 Å². The summed E-state index contributed by atoms with van der Waals surface area (Å²) in [4.78, 5) is 12.3. The zero-order valence-electron chi connectivity index (χ0n) is 12.9. The third-order valence-corrected chi connectivity index (χ3v) is 4.69. The molecule has 2 rings (SSSR count). The summed E-state index contributed by atoms with van der Waals surface area (Å²) in [6, 6.07) is 10.7. The molecule has 1 atom stereocenters. The van der Waals surface area contributed by atoms with Gasteiger partial charge >= 0.3 is 0 Å². The van der Waals surface area contributed by atoms with Gasteiger partial charge in [0.1, 0.15) is 0 Å². The summed E-state index contributed by atoms with van der Waals surface area (Å²) in [5.41, 5.74) is 1.41. The molecule has 3 heteroatoms. The molecule has 3 nitrogen and oxygen atoms in total. The number of carbonyl (C=O) groups excluding carboxylic acids is 1. The van der Waals surface area contributed by atoms with Crippen LogP contribution in [0.1, 0.15) is 56.9 Å². The van der Waals surface area contributed by atoms with Crippen molar-refractivity contribution >= 4 is 5.91 Å². The van der Waals surface area contributed by atoms with Crippen molar-refractivity contribution in [2.75, 3.05) is 6.61 Å². The molecule has 0 saturated heterocycles. The molecular weight excluding hydrogens is 262 g/mol. The van der Waals surface area contributed by atoms with Gasteiger partial charge in [0.2, 0.25) is 5.91 Å². The van der Waals surface area contributed by atoms with Gasteiger partial charge in [-0.1, -0.05) is 37.3 Å². The van der Waals surface area contributed by atoms with Gasteiger partial charge in [0.05, 0.1) is 0 Å². The fourth-order valence-electron chi connectivity index (χ4n) is 3.27. The number of aliphatic hydroxyl groups is 1. The van der Waals surface area contributed by atoms with Gasteiger partial charge in [-0.3, -0.25) is 4.79 Å². The van der Waals surface area contributed by atoms with Gasteiger partial charge in [0.25, 0.3) is 0 Å². The first-order chi connectivity index (χ1) is 10.2. The number of hydrogen-bond donors (Lipinski definition) is 2. The second kappa shape index (κ2) is 8.18. The summed E-state index contributed by atoms with van der Waals surface area (Å²) in [6.45, 7) is 2.19. The number of benzene rings is 1. The summed E-state index contributed by atoms with van der Waals surface area (Å²) >= 11 is 0. The molecule has 1 aliphatic carbocycles. The molecule has 1 aliphatic rings. The summed E-state index contributed by atoms with van der Waals surface area (Å²) in [6.07, 6.45) is 5.67. The lowest BCUT2D eigenvalue weighted by Crippen LogP contribution is -2.40. The average Bonchev–Trinajstić information content (AvgIpc) is 2.55. The third kappa shape index (κ3) is 4.57. The summed E-state index contributed by atoms with van der Waals surface area (Å²) in [5, 5.41) is 12.1. The second-order valence-electron chi connectivity index (χ2n) is 6.09. The zero-order valence-corrected chi connectivity index (χ0v) is 12.9. The molecule has 1 unspecified atom stereocenters. The van der Waals surface area contributed by atoms with E-state index in [4.69, 9.17) is 5.11 Å². The molecule has 0 aromatic heterocycles. The Morgan fingerprint density at radius 2 is 1.90 bits per heavy atom. The van der Waals surface area contributed by atoms with E-state index in [0.717, 1.165) is 32.1 Å². The lowest BCUT2D eigenvalue weighted by Gasteiger charge is -2.29. The van der Waals surface area contributed by atoms with Gasteiger partial charge in [0.15, 0.2) is 0 Å². The molecule has 2 N–H and O–H groups in total. The Bertz CT molecular complexity index is 424. The number of carbonyl (C=O) groups is 1. The Morgan fingerprint density at radius 1 is 1.24 bits per heavy atom. The van der Waals surface area contributed by atoms with Crippen molar-refractivity contribution in [3.8, 4) is 0 Å². The Morgan fingerprint density at radius 3 is 2.48 bits per heavy atom. The minimum Gasteiger partial charge on any atom is -0.396 e. The van der Waals surface area contributed by atoms with Crippen molar-refractivity contribution in [3.05, 3.63) is 35.9 Å². The monoisotopic (exact) mass is 289 g/mol. The molecule has 0 spiro atoms. The van der Waals surface area contributed by atoms with Crippen LogP contribution in [0.15, 0.2) is 30.3 Å². The number of nitrogens with one attached hydrogen (secondary N) is 1. The van der Waals surface area contributed by atoms with Gasteiger partial charge in [-0.25, -0.2) is 0 Å². The second-order valence-corrected chi connectivity index (χ2v) is 6.09. The van der Waals surface area contributed by atoms with Crippen LogP contribution in [0, 0.1) is 5.92 Å². The van der Waals surface area contributed by atoms with E-state index in [9.17, 15) is 4.79 Å². The highest BCUT2D eigenvalue weighted by Gasteiger charge is 2.27. The molecule has 0 radical (unpaired) electrons. The molecular formula is C18H27NO2. The zero-order chi connectivity index (χ0) is 15.1. The van der Waals surface area contributed by atoms with E-state index in [-0.39, 0.29) is 24.5 Å². The largest absolute Gasteiger partial charge is 0.396 e. The maximum absolute atomic E-state index is 12.3. The normalized spacial score (nSPS) is 23.5. The average molecular weight is 289 g/mol. The van der Waals surface area contributed by atoms with E-state index in [0.29, 0.717) is 12.3 Å². The van der Waals surface area contributed by atoms with Crippen LogP contribution in [0.3, 0.4) is 0 Å². The van der Waals surface area contributed by atoms with Crippen molar-refractivity contribution in [1.29, 1.82) is 0 Å². The Labute approximate surface area is 127 Å². The van der Waals surface area contributed by atoms with Crippen LogP contribution in [-0.2, 0) is 4.79 Å². The standard InChI is InChI=1S/C18H27NO2/c1-2-17(12-13-20)19-18(21)16-10-8-15(9-11-16)14-6-4-3-5-7-14/h3-7,15-17,20H,2,8-13H2,1H3,(H,19,21). The first kappa shape index (κ1) is 16.0. The van der Waals surface area contributed by atoms with Gasteiger partial charge in [-0.2, -0.15) is 0 Å². The van der Waals surface area contributed by atoms with E-state index in [1.807, 2.05) is 6.92 Å². The van der Waals surface area contributed by atoms with Gasteiger partial charge in [-0.15, -0.1) is 0 Å². The SMILES string of the molecule is CCC(CCO)NC(=O)C1CCC(c2ccccc2)CC1. The van der Waals surface area contributed by atoms with Gasteiger partial charge in [-0.05, 0) is 50.0 Å². The highest BCUT2D eigenvalue weighted by atomic mass is 16.3. The van der Waals surface area contributed by atoms with Crippen LogP contribution >= 0.6 is 0 Å². The molecule has 116 valence electrons. The molecule has 1 amide bonds. The summed E-state index contributed by atoms with van der Waals surface area (Å²) in [7, 11) is 0. The number of amides is 1. The van der Waals surface area contributed by atoms with Crippen molar-refractivity contribution < 1.29 is 9.90 Å². The lowest BCUT2D eigenvalue weighted by atomic mass is 9.78. The predicted molar refractivity (Wildman–Crippen MR) is 85.1 cm³/mol. The number of aliphatic hydroxyl groups excluding tert-OH is 1. The third-order valence-electron chi connectivity index (χ3n) is 4.69. The van der Waals surface area contributed by atoms with Crippen LogP contribution in [0.5, 0.6) is 0 Å². The van der Waals surface area contributed by atoms with Crippen molar-refractivity contribution in [1.82, 2.24) is 5.32 Å². The predicted octanol–water partition coefficient (Wildman–Crippen LogP) is 3.24. The van der Waals surface area contributed by atoms with Crippen molar-refractivity contribution in [3.63, 3.8) is 0 Å². The van der Waals surface area contributed by atoms with E-state index in [1.54, 1.807) is 0 Å². The van der Waals surface area contributed by atoms with E-state index < -0.39 is 0 Å². The topological polar surface area (TPSA) is 49.3 Å². The van der Waals surface area contributed by atoms with Crippen molar-refractivity contribution in [2.24, 2.45) is 5.92 Å². The summed E-state index contributed by atoms with van der Waals surface area (Å²) < 4.78 is 0. The Balaban J connectivity index is 1.82. The fourth-order valence-corrected chi connectivity index (χ4v) is 3.27.